The summed E-state index contributed by atoms with van der Waals surface area (Å²) in [6.45, 7) is 3.50. The lowest BCUT2D eigenvalue weighted by Gasteiger charge is -2.41. The number of ether oxygens (including phenoxy) is 4. The zero-order chi connectivity index (χ0) is 22.2. The summed E-state index contributed by atoms with van der Waals surface area (Å²) in [7, 11) is 0. The Hall–Kier alpha value is -1.88. The van der Waals surface area contributed by atoms with Crippen LogP contribution in [0.1, 0.15) is 27.0 Å². The number of nitrogens with zero attached hydrogens (tertiary/aromatic N) is 2. The minimum absolute atomic E-state index is 0.118. The maximum absolute atomic E-state index is 11.8. The van der Waals surface area contributed by atoms with Crippen LogP contribution in [0.15, 0.2) is 16.9 Å². The third kappa shape index (κ3) is 4.72. The molecule has 30 heavy (non-hydrogen) atoms. The van der Waals surface area contributed by atoms with Gasteiger partial charge in [-0.05, 0) is 28.1 Å². The number of benzene rings is 1. The molecule has 0 N–H and O–H groups in total. The molecule has 2 heterocycles. The van der Waals surface area contributed by atoms with Crippen LogP contribution in [0.3, 0.4) is 0 Å². The second-order valence-electron chi connectivity index (χ2n) is 6.53. The molecule has 0 spiro atoms. The van der Waals surface area contributed by atoms with E-state index in [2.05, 4.69) is 20.9 Å². The first-order valence-corrected chi connectivity index (χ1v) is 10.3. The maximum atomic E-state index is 11.8. The molecular formula is C18H17BrCl2N2O7. The molecule has 1 aromatic heterocycles. The van der Waals surface area contributed by atoms with Crippen LogP contribution in [0, 0.1) is 0 Å². The van der Waals surface area contributed by atoms with E-state index in [0.29, 0.717) is 20.8 Å². The lowest BCUT2D eigenvalue weighted by atomic mass is 10.0. The fourth-order valence-corrected chi connectivity index (χ4v) is 4.15. The summed E-state index contributed by atoms with van der Waals surface area (Å²) in [5.74, 6) is -1.88. The minimum atomic E-state index is -1.15. The predicted molar refractivity (Wildman–Crippen MR) is 109 cm³/mol. The van der Waals surface area contributed by atoms with Crippen molar-refractivity contribution in [2.45, 2.75) is 45.3 Å². The average molecular weight is 524 g/mol. The van der Waals surface area contributed by atoms with E-state index in [4.69, 9.17) is 42.1 Å². The van der Waals surface area contributed by atoms with Crippen molar-refractivity contribution in [3.63, 3.8) is 0 Å². The van der Waals surface area contributed by atoms with Gasteiger partial charge in [0.2, 0.25) is 0 Å². The van der Waals surface area contributed by atoms with Gasteiger partial charge in [0, 0.05) is 20.8 Å². The molecule has 1 unspecified atom stereocenters. The molecule has 3 rings (SSSR count). The minimum Gasteiger partial charge on any atom is -0.456 e. The molecular weight excluding hydrogens is 507 g/mol. The molecule has 9 nitrogen and oxygen atoms in total. The summed E-state index contributed by atoms with van der Waals surface area (Å²) >= 11 is 15.6. The number of imidazole rings is 1. The van der Waals surface area contributed by atoms with E-state index in [9.17, 15) is 14.4 Å². The Labute approximate surface area is 189 Å². The smallest absolute Gasteiger partial charge is 0.303 e. The van der Waals surface area contributed by atoms with Crippen LogP contribution in [0.25, 0.3) is 11.0 Å². The molecule has 162 valence electrons. The SMILES string of the molecule is CC(=O)O[C@@H]1[C@H](OC(C)=O)COC(n2c(Br)nc3cc(Cl)c(Cl)cc32)[C@@H]1OC(C)=O. The van der Waals surface area contributed by atoms with Crippen LogP contribution >= 0.6 is 39.1 Å². The Balaban J connectivity index is 2.11. The number of carbonyl (C=O) groups is 3. The van der Waals surface area contributed by atoms with E-state index >= 15 is 0 Å². The normalized spacial score (nSPS) is 23.8. The monoisotopic (exact) mass is 522 g/mol. The highest BCUT2D eigenvalue weighted by atomic mass is 79.9. The molecule has 0 bridgehead atoms. The number of hydrogen-bond donors (Lipinski definition) is 0. The van der Waals surface area contributed by atoms with Gasteiger partial charge in [-0.2, -0.15) is 0 Å². The number of halogens is 3. The maximum Gasteiger partial charge on any atom is 0.303 e. The molecule has 1 aromatic carbocycles. The number of fused-ring (bicyclic) bond motifs is 1. The van der Waals surface area contributed by atoms with E-state index in [-0.39, 0.29) is 11.6 Å². The van der Waals surface area contributed by atoms with Crippen LogP contribution in [-0.4, -0.2) is 52.4 Å². The summed E-state index contributed by atoms with van der Waals surface area (Å²) in [5, 5.41) is 0.599. The van der Waals surface area contributed by atoms with Gasteiger partial charge in [0.1, 0.15) is 0 Å². The van der Waals surface area contributed by atoms with Gasteiger partial charge in [0.15, 0.2) is 29.3 Å². The number of carbonyl (C=O) groups excluding carboxylic acids is 3. The van der Waals surface area contributed by atoms with Crippen molar-refractivity contribution in [1.82, 2.24) is 9.55 Å². The number of rotatable bonds is 4. The molecule has 1 aliphatic rings. The van der Waals surface area contributed by atoms with Crippen molar-refractivity contribution in [2.75, 3.05) is 6.61 Å². The first kappa shape index (κ1) is 22.8. The van der Waals surface area contributed by atoms with Gasteiger partial charge in [0.05, 0.1) is 27.7 Å². The van der Waals surface area contributed by atoms with E-state index in [1.54, 1.807) is 16.7 Å². The van der Waals surface area contributed by atoms with Gasteiger partial charge >= 0.3 is 17.9 Å². The lowest BCUT2D eigenvalue weighted by molar-refractivity contribution is -0.239. The highest BCUT2D eigenvalue weighted by molar-refractivity contribution is 9.10. The van der Waals surface area contributed by atoms with Crippen molar-refractivity contribution >= 4 is 68.1 Å². The molecule has 0 aliphatic carbocycles. The standard InChI is InChI=1S/C18H17BrCl2N2O7/c1-7(24)28-14-6-27-17(16(30-9(3)26)15(14)29-8(2)25)23-13-5-11(21)10(20)4-12(13)22-18(23)19/h4-5,14-17H,6H2,1-3H3/t14-,15-,16-,17?/m1/s1. The van der Waals surface area contributed by atoms with Crippen LogP contribution in [0.4, 0.5) is 0 Å². The van der Waals surface area contributed by atoms with Gasteiger partial charge in [-0.1, -0.05) is 23.2 Å². The summed E-state index contributed by atoms with van der Waals surface area (Å²) < 4.78 is 23.9. The average Bonchev–Trinajstić information content (AvgIpc) is 2.92. The van der Waals surface area contributed by atoms with Crippen molar-refractivity contribution in [3.8, 4) is 0 Å². The first-order chi connectivity index (χ1) is 14.1. The first-order valence-electron chi connectivity index (χ1n) is 8.74. The Kier molecular flexibility index (Phi) is 6.91. The Morgan fingerprint density at radius 1 is 1.03 bits per heavy atom. The van der Waals surface area contributed by atoms with Gasteiger partial charge in [0.25, 0.3) is 0 Å². The Morgan fingerprint density at radius 2 is 1.60 bits per heavy atom. The van der Waals surface area contributed by atoms with Crippen molar-refractivity contribution < 1.29 is 33.3 Å². The molecule has 1 fully saturated rings. The molecule has 12 heteroatoms. The van der Waals surface area contributed by atoms with Gasteiger partial charge in [-0.3, -0.25) is 19.0 Å². The summed E-state index contributed by atoms with van der Waals surface area (Å²) in [6, 6.07) is 3.17. The van der Waals surface area contributed by atoms with E-state index in [1.807, 2.05) is 0 Å². The quantitative estimate of drug-likeness (QED) is 0.443. The van der Waals surface area contributed by atoms with Crippen LogP contribution < -0.4 is 0 Å². The van der Waals surface area contributed by atoms with E-state index in [0.717, 1.165) is 0 Å². The zero-order valence-electron chi connectivity index (χ0n) is 16.1. The largest absolute Gasteiger partial charge is 0.456 e. The second kappa shape index (κ2) is 9.09. The fraction of sp³-hybridized carbons (Fsp3) is 0.444. The molecule has 0 radical (unpaired) electrons. The predicted octanol–water partition coefficient (Wildman–Crippen LogP) is 3.43. The topological polar surface area (TPSA) is 106 Å². The molecule has 0 saturated carbocycles. The molecule has 0 amide bonds. The number of hydrogen-bond acceptors (Lipinski definition) is 8. The highest BCUT2D eigenvalue weighted by Crippen LogP contribution is 2.37. The summed E-state index contributed by atoms with van der Waals surface area (Å²) in [4.78, 5) is 39.4. The molecule has 4 atom stereocenters. The zero-order valence-corrected chi connectivity index (χ0v) is 19.2. The van der Waals surface area contributed by atoms with Crippen LogP contribution in [-0.2, 0) is 33.3 Å². The third-order valence-corrected chi connectivity index (χ3v) is 5.55. The van der Waals surface area contributed by atoms with Crippen LogP contribution in [0.5, 0.6) is 0 Å². The highest BCUT2D eigenvalue weighted by Gasteiger charge is 2.48. The summed E-state index contributed by atoms with van der Waals surface area (Å²) in [5.41, 5.74) is 1.04. The molecule has 1 saturated heterocycles. The number of aromatic nitrogens is 2. The van der Waals surface area contributed by atoms with Crippen molar-refractivity contribution in [2.24, 2.45) is 0 Å². The van der Waals surface area contributed by atoms with Gasteiger partial charge in [-0.15, -0.1) is 0 Å². The van der Waals surface area contributed by atoms with Crippen LogP contribution in [0.2, 0.25) is 10.0 Å². The fourth-order valence-electron chi connectivity index (χ4n) is 3.25. The Morgan fingerprint density at radius 3 is 2.20 bits per heavy atom. The number of esters is 3. The van der Waals surface area contributed by atoms with Crippen molar-refractivity contribution in [1.29, 1.82) is 0 Å². The lowest BCUT2D eigenvalue weighted by Crippen LogP contribution is -2.55. The summed E-state index contributed by atoms with van der Waals surface area (Å²) in [6.07, 6.45) is -4.20. The van der Waals surface area contributed by atoms with Gasteiger partial charge in [-0.25, -0.2) is 4.98 Å². The Bertz CT molecular complexity index is 1010. The van der Waals surface area contributed by atoms with E-state index in [1.165, 1.54) is 20.8 Å². The van der Waals surface area contributed by atoms with Crippen molar-refractivity contribution in [3.05, 3.63) is 26.9 Å². The second-order valence-corrected chi connectivity index (χ2v) is 8.05. The third-order valence-electron chi connectivity index (χ3n) is 4.27. The van der Waals surface area contributed by atoms with Gasteiger partial charge < -0.3 is 18.9 Å². The molecule has 1 aliphatic heterocycles. The van der Waals surface area contributed by atoms with E-state index < -0.39 is 42.4 Å². The molecule has 2 aromatic rings.